The van der Waals surface area contributed by atoms with Crippen LogP contribution < -0.4 is 0 Å². The quantitative estimate of drug-likeness (QED) is 0.844. The minimum Gasteiger partial charge on any atom is -0.356 e. The smallest absolute Gasteiger partial charge is 0.255 e. The number of hydrogen-bond acceptors (Lipinski definition) is 2. The molecule has 0 bridgehead atoms. The summed E-state index contributed by atoms with van der Waals surface area (Å²) in [6, 6.07) is 7.68. The van der Waals surface area contributed by atoms with E-state index in [1.807, 2.05) is 71.9 Å². The van der Waals surface area contributed by atoms with Crippen LogP contribution in [0.4, 0.5) is 0 Å². The van der Waals surface area contributed by atoms with Gasteiger partial charge < -0.3 is 14.4 Å². The lowest BCUT2D eigenvalue weighted by molar-refractivity contribution is 0.0718. The van der Waals surface area contributed by atoms with E-state index in [0.717, 1.165) is 17.5 Å². The van der Waals surface area contributed by atoms with Gasteiger partial charge in [-0.2, -0.15) is 0 Å². The second-order valence-corrected chi connectivity index (χ2v) is 6.80. The van der Waals surface area contributed by atoms with Gasteiger partial charge in [-0.05, 0) is 49.6 Å². The maximum absolute atomic E-state index is 12.8. The van der Waals surface area contributed by atoms with Crippen molar-refractivity contribution in [3.8, 4) is 0 Å². The minimum atomic E-state index is 0.0427. The molecule has 0 saturated carbocycles. The van der Waals surface area contributed by atoms with Gasteiger partial charge in [0.25, 0.3) is 11.8 Å². The Labute approximate surface area is 148 Å². The van der Waals surface area contributed by atoms with Gasteiger partial charge in [0, 0.05) is 51.2 Å². The van der Waals surface area contributed by atoms with E-state index in [9.17, 15) is 9.59 Å². The van der Waals surface area contributed by atoms with Crippen LogP contribution in [0.25, 0.3) is 0 Å². The van der Waals surface area contributed by atoms with E-state index in [1.165, 1.54) is 5.56 Å². The topological polar surface area (TPSA) is 45.6 Å². The number of carbonyl (C=O) groups excluding carboxylic acids is 2. The average Bonchev–Trinajstić information content (AvgIpc) is 2.89. The third-order valence-electron chi connectivity index (χ3n) is 4.90. The van der Waals surface area contributed by atoms with Crippen molar-refractivity contribution in [2.75, 3.05) is 26.2 Å². The number of aryl methyl sites for hydroxylation is 3. The Morgan fingerprint density at radius 1 is 0.840 bits per heavy atom. The minimum absolute atomic E-state index is 0.0427. The molecule has 25 heavy (non-hydrogen) atoms. The first kappa shape index (κ1) is 17.3. The van der Waals surface area contributed by atoms with Crippen molar-refractivity contribution >= 4 is 11.8 Å². The fourth-order valence-electron chi connectivity index (χ4n) is 3.19. The summed E-state index contributed by atoms with van der Waals surface area (Å²) in [4.78, 5) is 29.1. The molecule has 5 heteroatoms. The number of aromatic nitrogens is 1. The van der Waals surface area contributed by atoms with Gasteiger partial charge in [0.2, 0.25) is 0 Å². The summed E-state index contributed by atoms with van der Waals surface area (Å²) in [5, 5.41) is 0. The van der Waals surface area contributed by atoms with Crippen molar-refractivity contribution in [2.45, 2.75) is 20.3 Å². The van der Waals surface area contributed by atoms with Gasteiger partial charge in [-0.1, -0.05) is 6.07 Å². The highest BCUT2D eigenvalue weighted by Gasteiger charge is 2.24. The van der Waals surface area contributed by atoms with Crippen molar-refractivity contribution in [1.29, 1.82) is 0 Å². The molecule has 0 spiro atoms. The van der Waals surface area contributed by atoms with Gasteiger partial charge >= 0.3 is 0 Å². The number of benzene rings is 1. The van der Waals surface area contributed by atoms with Gasteiger partial charge in [-0.3, -0.25) is 9.59 Å². The van der Waals surface area contributed by atoms with Crippen molar-refractivity contribution < 1.29 is 9.59 Å². The number of hydrogen-bond donors (Lipinski definition) is 0. The summed E-state index contributed by atoms with van der Waals surface area (Å²) >= 11 is 0. The predicted molar refractivity (Wildman–Crippen MR) is 97.8 cm³/mol. The second kappa shape index (κ2) is 7.13. The third-order valence-corrected chi connectivity index (χ3v) is 4.90. The number of amides is 2. The van der Waals surface area contributed by atoms with E-state index in [2.05, 4.69) is 0 Å². The van der Waals surface area contributed by atoms with E-state index >= 15 is 0 Å². The molecule has 3 rings (SSSR count). The first-order valence-corrected chi connectivity index (χ1v) is 8.73. The SMILES string of the molecule is Cc1ccc(C(=O)N2CCCN(C(=O)c3ccn(C)c3)CC2)cc1C. The molecule has 1 aliphatic heterocycles. The van der Waals surface area contributed by atoms with E-state index in [-0.39, 0.29) is 11.8 Å². The van der Waals surface area contributed by atoms with Crippen molar-refractivity contribution in [3.63, 3.8) is 0 Å². The van der Waals surface area contributed by atoms with E-state index in [1.54, 1.807) is 0 Å². The zero-order chi connectivity index (χ0) is 18.0. The second-order valence-electron chi connectivity index (χ2n) is 6.80. The molecule has 5 nitrogen and oxygen atoms in total. The molecule has 132 valence electrons. The Morgan fingerprint density at radius 3 is 2.04 bits per heavy atom. The van der Waals surface area contributed by atoms with Gasteiger partial charge in [0.15, 0.2) is 0 Å². The zero-order valence-corrected chi connectivity index (χ0v) is 15.2. The van der Waals surface area contributed by atoms with Gasteiger partial charge in [-0.15, -0.1) is 0 Å². The van der Waals surface area contributed by atoms with Crippen LogP contribution in [-0.2, 0) is 7.05 Å². The summed E-state index contributed by atoms with van der Waals surface area (Å²) in [5.41, 5.74) is 3.75. The standard InChI is InChI=1S/C20H25N3O2/c1-15-5-6-17(13-16(15)2)19(24)22-8-4-9-23(12-11-22)20(25)18-7-10-21(3)14-18/h5-7,10,13-14H,4,8-9,11-12H2,1-3H3. The first-order valence-electron chi connectivity index (χ1n) is 8.73. The fourth-order valence-corrected chi connectivity index (χ4v) is 3.19. The van der Waals surface area contributed by atoms with Gasteiger partial charge in [-0.25, -0.2) is 0 Å². The number of nitrogens with zero attached hydrogens (tertiary/aromatic N) is 3. The molecule has 0 unspecified atom stereocenters. The highest BCUT2D eigenvalue weighted by molar-refractivity contribution is 5.95. The fraction of sp³-hybridized carbons (Fsp3) is 0.400. The van der Waals surface area contributed by atoms with Crippen molar-refractivity contribution in [1.82, 2.24) is 14.4 Å². The lowest BCUT2D eigenvalue weighted by atomic mass is 10.1. The van der Waals surface area contributed by atoms with E-state index in [0.29, 0.717) is 31.7 Å². The van der Waals surface area contributed by atoms with Crippen molar-refractivity contribution in [3.05, 3.63) is 58.9 Å². The maximum atomic E-state index is 12.8. The summed E-state index contributed by atoms with van der Waals surface area (Å²) < 4.78 is 1.88. The Hall–Kier alpha value is -2.56. The van der Waals surface area contributed by atoms with Crippen LogP contribution in [0.5, 0.6) is 0 Å². The first-order chi connectivity index (χ1) is 12.0. The largest absolute Gasteiger partial charge is 0.356 e. The maximum Gasteiger partial charge on any atom is 0.255 e. The predicted octanol–water partition coefficient (Wildman–Crippen LogP) is 2.63. The summed E-state index contributed by atoms with van der Waals surface area (Å²) in [5.74, 6) is 0.0955. The van der Waals surface area contributed by atoms with E-state index < -0.39 is 0 Å². The molecule has 2 heterocycles. The normalized spacial score (nSPS) is 15.2. The summed E-state index contributed by atoms with van der Waals surface area (Å²) in [7, 11) is 1.91. The molecule has 0 radical (unpaired) electrons. The molecular formula is C20H25N3O2. The molecule has 2 aromatic rings. The van der Waals surface area contributed by atoms with Crippen LogP contribution in [0.3, 0.4) is 0 Å². The number of rotatable bonds is 2. The molecular weight excluding hydrogens is 314 g/mol. The molecule has 1 aliphatic rings. The third kappa shape index (κ3) is 3.76. The Bertz CT molecular complexity index is 794. The Balaban J connectivity index is 1.67. The molecule has 0 aliphatic carbocycles. The lowest BCUT2D eigenvalue weighted by Crippen LogP contribution is -2.37. The summed E-state index contributed by atoms with van der Waals surface area (Å²) in [6.45, 7) is 6.58. The monoisotopic (exact) mass is 339 g/mol. The van der Waals surface area contributed by atoms with Crippen LogP contribution >= 0.6 is 0 Å². The van der Waals surface area contributed by atoms with E-state index in [4.69, 9.17) is 0 Å². The average molecular weight is 339 g/mol. The lowest BCUT2D eigenvalue weighted by Gasteiger charge is -2.22. The number of carbonyl (C=O) groups is 2. The van der Waals surface area contributed by atoms with Crippen LogP contribution in [0.2, 0.25) is 0 Å². The highest BCUT2D eigenvalue weighted by Crippen LogP contribution is 2.15. The molecule has 0 N–H and O–H groups in total. The van der Waals surface area contributed by atoms with Crippen LogP contribution in [-0.4, -0.2) is 52.4 Å². The van der Waals surface area contributed by atoms with Gasteiger partial charge in [0.1, 0.15) is 0 Å². The van der Waals surface area contributed by atoms with Crippen LogP contribution in [0.1, 0.15) is 38.3 Å². The van der Waals surface area contributed by atoms with Crippen LogP contribution in [0.15, 0.2) is 36.7 Å². The zero-order valence-electron chi connectivity index (χ0n) is 15.2. The highest BCUT2D eigenvalue weighted by atomic mass is 16.2. The molecule has 1 aromatic heterocycles. The van der Waals surface area contributed by atoms with Crippen LogP contribution in [0, 0.1) is 13.8 Å². The summed E-state index contributed by atoms with van der Waals surface area (Å²) in [6.07, 6.45) is 4.51. The molecule has 1 fully saturated rings. The Kier molecular flexibility index (Phi) is 4.93. The molecule has 2 amide bonds. The van der Waals surface area contributed by atoms with Gasteiger partial charge in [0.05, 0.1) is 5.56 Å². The molecule has 1 saturated heterocycles. The molecule has 0 atom stereocenters. The molecule has 1 aromatic carbocycles. The van der Waals surface area contributed by atoms with Crippen molar-refractivity contribution in [2.24, 2.45) is 7.05 Å². The Morgan fingerprint density at radius 2 is 1.48 bits per heavy atom.